The van der Waals surface area contributed by atoms with Crippen molar-refractivity contribution in [3.05, 3.63) is 100 Å². The highest BCUT2D eigenvalue weighted by molar-refractivity contribution is 6.30. The summed E-state index contributed by atoms with van der Waals surface area (Å²) < 4.78 is 6.88. The van der Waals surface area contributed by atoms with Gasteiger partial charge in [-0.3, -0.25) is 4.90 Å². The van der Waals surface area contributed by atoms with Crippen molar-refractivity contribution in [2.24, 2.45) is 5.10 Å². The van der Waals surface area contributed by atoms with E-state index in [0.717, 1.165) is 60.9 Å². The molecule has 0 N–H and O–H groups in total. The smallest absolute Gasteiger partial charge is 0.200 e. The number of nitrogens with zero attached hydrogens (tertiary/aromatic N) is 3. The summed E-state index contributed by atoms with van der Waals surface area (Å²) in [4.78, 5) is 2.53. The minimum Gasteiger partial charge on any atom is -0.466 e. The summed E-state index contributed by atoms with van der Waals surface area (Å²) in [6.07, 6.45) is 2.75. The molecule has 0 radical (unpaired) electrons. The van der Waals surface area contributed by atoms with E-state index in [1.807, 2.05) is 12.1 Å². The second-order valence-electron chi connectivity index (χ2n) is 9.42. The molecular weight excluding hydrogens is 430 g/mol. The minimum atomic E-state index is -0.398. The SMILES string of the molecule is Cc1cccc2c1OC1(CCN(Cc3ccccc3)CC1)N1N=C(c3ccc(Cl)cc3)C[C@@H]21. The average Bonchev–Trinajstić information content (AvgIpc) is 3.30. The maximum Gasteiger partial charge on any atom is 0.200 e. The molecule has 3 aliphatic heterocycles. The van der Waals surface area contributed by atoms with Gasteiger partial charge < -0.3 is 4.74 Å². The van der Waals surface area contributed by atoms with Crippen LogP contribution in [0.25, 0.3) is 0 Å². The van der Waals surface area contributed by atoms with Crippen molar-refractivity contribution in [3.63, 3.8) is 0 Å². The zero-order valence-corrected chi connectivity index (χ0v) is 19.6. The molecule has 5 heteroatoms. The Morgan fingerprint density at radius 1 is 0.970 bits per heavy atom. The molecule has 0 aliphatic carbocycles. The monoisotopic (exact) mass is 457 g/mol. The van der Waals surface area contributed by atoms with Crippen molar-refractivity contribution in [1.29, 1.82) is 0 Å². The molecule has 1 atom stereocenters. The molecule has 33 heavy (non-hydrogen) atoms. The van der Waals surface area contributed by atoms with Crippen molar-refractivity contribution < 1.29 is 4.74 Å². The fourth-order valence-corrected chi connectivity index (χ4v) is 5.62. The van der Waals surface area contributed by atoms with E-state index in [2.05, 4.69) is 77.5 Å². The fraction of sp³-hybridized carbons (Fsp3) is 0.321. The van der Waals surface area contributed by atoms with Gasteiger partial charge in [-0.15, -0.1) is 0 Å². The van der Waals surface area contributed by atoms with Gasteiger partial charge in [0.2, 0.25) is 5.72 Å². The number of halogens is 1. The quantitative estimate of drug-likeness (QED) is 0.469. The van der Waals surface area contributed by atoms with Crippen molar-refractivity contribution in [3.8, 4) is 5.75 Å². The Morgan fingerprint density at radius 3 is 2.48 bits per heavy atom. The first-order valence-electron chi connectivity index (χ1n) is 11.8. The van der Waals surface area contributed by atoms with E-state index < -0.39 is 5.72 Å². The third-order valence-electron chi connectivity index (χ3n) is 7.29. The number of hydrogen-bond acceptors (Lipinski definition) is 4. The minimum absolute atomic E-state index is 0.208. The predicted molar refractivity (Wildman–Crippen MR) is 133 cm³/mol. The lowest BCUT2D eigenvalue weighted by molar-refractivity contribution is -0.151. The van der Waals surface area contributed by atoms with Crippen molar-refractivity contribution in [1.82, 2.24) is 9.91 Å². The highest BCUT2D eigenvalue weighted by atomic mass is 35.5. The second-order valence-corrected chi connectivity index (χ2v) is 9.86. The molecule has 0 saturated carbocycles. The number of para-hydroxylation sites is 1. The van der Waals surface area contributed by atoms with E-state index in [4.69, 9.17) is 21.4 Å². The average molecular weight is 458 g/mol. The molecule has 3 aliphatic rings. The molecule has 4 nitrogen and oxygen atoms in total. The fourth-order valence-electron chi connectivity index (χ4n) is 5.49. The predicted octanol–water partition coefficient (Wildman–Crippen LogP) is 6.18. The Hall–Kier alpha value is -2.82. The van der Waals surface area contributed by atoms with Gasteiger partial charge >= 0.3 is 0 Å². The van der Waals surface area contributed by atoms with Gasteiger partial charge in [-0.1, -0.05) is 72.3 Å². The summed E-state index contributed by atoms with van der Waals surface area (Å²) in [5.74, 6) is 1.06. The van der Waals surface area contributed by atoms with Crippen LogP contribution in [0.3, 0.4) is 0 Å². The molecule has 1 saturated heterocycles. The number of likely N-dealkylation sites (tertiary alicyclic amines) is 1. The zero-order chi connectivity index (χ0) is 22.4. The molecule has 0 amide bonds. The summed E-state index contributed by atoms with van der Waals surface area (Å²) in [5.41, 5.74) is 5.67. The molecule has 1 fully saturated rings. The zero-order valence-electron chi connectivity index (χ0n) is 18.9. The number of piperidine rings is 1. The Bertz CT molecular complexity index is 1180. The van der Waals surface area contributed by atoms with Crippen molar-refractivity contribution in [2.45, 2.75) is 44.5 Å². The number of hydrazone groups is 1. The summed E-state index contributed by atoms with van der Waals surface area (Å²) in [7, 11) is 0. The number of rotatable bonds is 3. The molecule has 1 spiro atoms. The van der Waals surface area contributed by atoms with Crippen LogP contribution in [0.2, 0.25) is 5.02 Å². The van der Waals surface area contributed by atoms with Gasteiger partial charge in [0.15, 0.2) is 0 Å². The third-order valence-corrected chi connectivity index (χ3v) is 7.54. The summed E-state index contributed by atoms with van der Waals surface area (Å²) in [6, 6.07) is 25.5. The molecule has 3 aromatic carbocycles. The van der Waals surface area contributed by atoms with Crippen molar-refractivity contribution in [2.75, 3.05) is 13.1 Å². The first-order valence-corrected chi connectivity index (χ1v) is 12.2. The van der Waals surface area contributed by atoms with Gasteiger partial charge in [0.05, 0.1) is 11.8 Å². The van der Waals surface area contributed by atoms with Crippen LogP contribution in [-0.4, -0.2) is 34.4 Å². The van der Waals surface area contributed by atoms with Crippen LogP contribution in [0, 0.1) is 6.92 Å². The Labute approximate surface area is 200 Å². The van der Waals surface area contributed by atoms with Crippen LogP contribution < -0.4 is 4.74 Å². The first kappa shape index (κ1) is 20.8. The van der Waals surface area contributed by atoms with Gasteiger partial charge in [0, 0.05) is 49.5 Å². The molecule has 3 heterocycles. The number of hydrogen-bond donors (Lipinski definition) is 0. The lowest BCUT2D eigenvalue weighted by atomic mass is 9.89. The Morgan fingerprint density at radius 2 is 1.73 bits per heavy atom. The van der Waals surface area contributed by atoms with E-state index in [9.17, 15) is 0 Å². The number of benzene rings is 3. The molecule has 0 bridgehead atoms. The maximum absolute atomic E-state index is 6.88. The van der Waals surface area contributed by atoms with Crippen LogP contribution in [0.4, 0.5) is 0 Å². The Balaban J connectivity index is 1.32. The highest BCUT2D eigenvalue weighted by Crippen LogP contribution is 2.51. The second kappa shape index (κ2) is 8.19. The normalized spacial score (nSPS) is 21.3. The standard InChI is InChI=1S/C28H28ClN3O/c1-20-6-5-9-24-26-18-25(22-10-12-23(29)13-11-22)30-32(26)28(33-27(20)24)14-16-31(17-15-28)19-21-7-3-2-4-8-21/h2-13,26H,14-19H2,1H3/t26-/m0/s1. The topological polar surface area (TPSA) is 28.1 Å². The molecule has 0 unspecified atom stereocenters. The maximum atomic E-state index is 6.88. The lowest BCUT2D eigenvalue weighted by Gasteiger charge is -2.51. The van der Waals surface area contributed by atoms with Gasteiger partial charge in [0.25, 0.3) is 0 Å². The molecule has 0 aromatic heterocycles. The first-order chi connectivity index (χ1) is 16.1. The summed E-state index contributed by atoms with van der Waals surface area (Å²) in [5, 5.41) is 8.23. The largest absolute Gasteiger partial charge is 0.466 e. The highest BCUT2D eigenvalue weighted by Gasteiger charge is 2.52. The van der Waals surface area contributed by atoms with E-state index >= 15 is 0 Å². The molecule has 6 rings (SSSR count). The number of fused-ring (bicyclic) bond motifs is 4. The van der Waals surface area contributed by atoms with Crippen LogP contribution in [-0.2, 0) is 6.54 Å². The van der Waals surface area contributed by atoms with Crippen LogP contribution in [0.1, 0.15) is 47.6 Å². The van der Waals surface area contributed by atoms with E-state index in [-0.39, 0.29) is 6.04 Å². The van der Waals surface area contributed by atoms with Crippen LogP contribution in [0.15, 0.2) is 77.9 Å². The molecule has 168 valence electrons. The van der Waals surface area contributed by atoms with Gasteiger partial charge in [-0.2, -0.15) is 5.10 Å². The number of aryl methyl sites for hydroxylation is 1. The summed E-state index contributed by atoms with van der Waals surface area (Å²) in [6.45, 7) is 5.12. The summed E-state index contributed by atoms with van der Waals surface area (Å²) >= 11 is 6.14. The van der Waals surface area contributed by atoms with Crippen LogP contribution >= 0.6 is 11.6 Å². The number of ether oxygens (including phenoxy) is 1. The van der Waals surface area contributed by atoms with Crippen LogP contribution in [0.5, 0.6) is 5.75 Å². The van der Waals surface area contributed by atoms with Crippen molar-refractivity contribution >= 4 is 17.3 Å². The van der Waals surface area contributed by atoms with E-state index in [1.165, 1.54) is 16.7 Å². The molecular formula is C28H28ClN3O. The van der Waals surface area contributed by atoms with E-state index in [1.54, 1.807) is 0 Å². The lowest BCUT2D eigenvalue weighted by Crippen LogP contribution is -2.59. The van der Waals surface area contributed by atoms with Gasteiger partial charge in [0.1, 0.15) is 5.75 Å². The molecule has 3 aromatic rings. The Kier molecular flexibility index (Phi) is 5.16. The van der Waals surface area contributed by atoms with E-state index in [0.29, 0.717) is 0 Å². The van der Waals surface area contributed by atoms with Gasteiger partial charge in [-0.25, -0.2) is 5.01 Å². The van der Waals surface area contributed by atoms with Gasteiger partial charge in [-0.05, 0) is 35.7 Å². The third kappa shape index (κ3) is 3.71.